The van der Waals surface area contributed by atoms with Gasteiger partial charge in [-0.05, 0) is 34.7 Å². The highest BCUT2D eigenvalue weighted by Gasteiger charge is 2.30. The van der Waals surface area contributed by atoms with Crippen molar-refractivity contribution < 1.29 is 18.9 Å². The largest absolute Gasteiger partial charge is 0.454 e. The van der Waals surface area contributed by atoms with E-state index in [1.54, 1.807) is 0 Å². The molecule has 7 rings (SSSR count). The van der Waals surface area contributed by atoms with Crippen molar-refractivity contribution in [2.75, 3.05) is 25.5 Å². The molecule has 158 valence electrons. The SMILES string of the molecule is CN1Cc2c(ccc3c2OCO3)-c2ccc3c(Cc4ccccc4)c4c(cc3c21)OCO4. The van der Waals surface area contributed by atoms with E-state index >= 15 is 0 Å². The third-order valence-electron chi connectivity index (χ3n) is 6.67. The molecule has 0 amide bonds. The normalized spacial score (nSPS) is 15.1. The van der Waals surface area contributed by atoms with E-state index in [1.807, 2.05) is 12.1 Å². The van der Waals surface area contributed by atoms with E-state index < -0.39 is 0 Å². The molecule has 3 aliphatic heterocycles. The lowest BCUT2D eigenvalue weighted by molar-refractivity contribution is 0.173. The number of ether oxygens (including phenoxy) is 4. The van der Waals surface area contributed by atoms with Gasteiger partial charge in [0.05, 0.1) is 5.69 Å². The van der Waals surface area contributed by atoms with Crippen molar-refractivity contribution in [3.05, 3.63) is 77.4 Å². The van der Waals surface area contributed by atoms with Gasteiger partial charge in [-0.3, -0.25) is 0 Å². The molecule has 4 aromatic carbocycles. The van der Waals surface area contributed by atoms with Crippen molar-refractivity contribution in [3.63, 3.8) is 0 Å². The van der Waals surface area contributed by atoms with E-state index in [0.29, 0.717) is 0 Å². The van der Waals surface area contributed by atoms with Gasteiger partial charge in [0.15, 0.2) is 23.0 Å². The van der Waals surface area contributed by atoms with E-state index in [2.05, 4.69) is 60.5 Å². The Bertz CT molecular complexity index is 1400. The molecule has 0 bridgehead atoms. The predicted octanol–water partition coefficient (Wildman–Crippen LogP) is 5.50. The maximum absolute atomic E-state index is 5.92. The van der Waals surface area contributed by atoms with Crippen LogP contribution >= 0.6 is 0 Å². The van der Waals surface area contributed by atoms with Crippen molar-refractivity contribution in [1.82, 2.24) is 0 Å². The van der Waals surface area contributed by atoms with Gasteiger partial charge in [-0.15, -0.1) is 0 Å². The summed E-state index contributed by atoms with van der Waals surface area (Å²) in [6, 6.07) is 21.3. The molecule has 0 radical (unpaired) electrons. The first-order valence-electron chi connectivity index (χ1n) is 10.8. The standard InChI is InChI=1S/C27H21NO4/c1-28-13-22-17(9-10-23-27(22)32-14-29-23)19-8-7-18-20(25(19)28)12-24-26(31-15-30-24)21(18)11-16-5-3-2-4-6-16/h2-10,12H,11,13-15H2,1H3. The molecule has 5 nitrogen and oxygen atoms in total. The fourth-order valence-electron chi connectivity index (χ4n) is 5.26. The highest BCUT2D eigenvalue weighted by atomic mass is 16.7. The van der Waals surface area contributed by atoms with Crippen molar-refractivity contribution in [3.8, 4) is 34.1 Å². The van der Waals surface area contributed by atoms with Gasteiger partial charge in [-0.2, -0.15) is 0 Å². The molecule has 4 aromatic rings. The summed E-state index contributed by atoms with van der Waals surface area (Å²) in [6.45, 7) is 1.31. The van der Waals surface area contributed by atoms with Gasteiger partial charge in [-0.1, -0.05) is 42.5 Å². The molecule has 0 aliphatic carbocycles. The van der Waals surface area contributed by atoms with Crippen molar-refractivity contribution >= 4 is 16.5 Å². The van der Waals surface area contributed by atoms with Gasteiger partial charge in [0.25, 0.3) is 0 Å². The molecule has 0 N–H and O–H groups in total. The Morgan fingerprint density at radius 1 is 0.750 bits per heavy atom. The summed E-state index contributed by atoms with van der Waals surface area (Å²) in [5, 5.41) is 2.39. The Kier molecular flexibility index (Phi) is 3.65. The zero-order valence-corrected chi connectivity index (χ0v) is 17.7. The molecule has 0 saturated carbocycles. The van der Waals surface area contributed by atoms with Crippen LogP contribution in [0.5, 0.6) is 23.0 Å². The Hall–Kier alpha value is -3.86. The van der Waals surface area contributed by atoms with Crippen LogP contribution in [0.15, 0.2) is 60.7 Å². The molecular weight excluding hydrogens is 402 g/mol. The third-order valence-corrected chi connectivity index (χ3v) is 6.67. The van der Waals surface area contributed by atoms with Crippen LogP contribution in [0.25, 0.3) is 21.9 Å². The van der Waals surface area contributed by atoms with Crippen molar-refractivity contribution in [2.45, 2.75) is 13.0 Å². The average Bonchev–Trinajstić information content (AvgIpc) is 3.49. The number of hydrogen-bond acceptors (Lipinski definition) is 5. The quantitative estimate of drug-likeness (QED) is 0.426. The second-order valence-electron chi connectivity index (χ2n) is 8.49. The van der Waals surface area contributed by atoms with Gasteiger partial charge < -0.3 is 23.8 Å². The molecule has 0 spiro atoms. The zero-order chi connectivity index (χ0) is 21.2. The first kappa shape index (κ1) is 17.8. The van der Waals surface area contributed by atoms with Crippen LogP contribution in [0.4, 0.5) is 5.69 Å². The number of rotatable bonds is 2. The van der Waals surface area contributed by atoms with E-state index in [9.17, 15) is 0 Å². The number of hydrogen-bond donors (Lipinski definition) is 0. The van der Waals surface area contributed by atoms with Crippen LogP contribution in [0, 0.1) is 0 Å². The van der Waals surface area contributed by atoms with Gasteiger partial charge in [-0.25, -0.2) is 0 Å². The lowest BCUT2D eigenvalue weighted by Crippen LogP contribution is -2.22. The summed E-state index contributed by atoms with van der Waals surface area (Å²) in [5.74, 6) is 3.38. The maximum Gasteiger partial charge on any atom is 0.231 e. The monoisotopic (exact) mass is 423 g/mol. The van der Waals surface area contributed by atoms with Gasteiger partial charge in [0, 0.05) is 42.1 Å². The second-order valence-corrected chi connectivity index (χ2v) is 8.49. The molecule has 0 aromatic heterocycles. The fraction of sp³-hybridized carbons (Fsp3) is 0.185. The number of nitrogens with zero attached hydrogens (tertiary/aromatic N) is 1. The summed E-state index contributed by atoms with van der Waals surface area (Å²) in [4.78, 5) is 2.30. The van der Waals surface area contributed by atoms with Crippen molar-refractivity contribution in [1.29, 1.82) is 0 Å². The summed E-state index contributed by atoms with van der Waals surface area (Å²) < 4.78 is 23.2. The third kappa shape index (κ3) is 2.45. The first-order valence-corrected chi connectivity index (χ1v) is 10.8. The van der Waals surface area contributed by atoms with Gasteiger partial charge >= 0.3 is 0 Å². The summed E-state index contributed by atoms with van der Waals surface area (Å²) in [6.07, 6.45) is 0.793. The molecule has 32 heavy (non-hydrogen) atoms. The van der Waals surface area contributed by atoms with Crippen molar-refractivity contribution in [2.24, 2.45) is 0 Å². The molecule has 3 heterocycles. The van der Waals surface area contributed by atoms with Crippen LogP contribution in [0.3, 0.4) is 0 Å². The van der Waals surface area contributed by atoms with Crippen LogP contribution < -0.4 is 23.8 Å². The minimum absolute atomic E-state index is 0.262. The minimum atomic E-state index is 0.262. The van der Waals surface area contributed by atoms with Crippen LogP contribution in [0.1, 0.15) is 16.7 Å². The summed E-state index contributed by atoms with van der Waals surface area (Å²) in [5.41, 5.74) is 7.22. The van der Waals surface area contributed by atoms with Crippen LogP contribution in [-0.4, -0.2) is 20.6 Å². The fourth-order valence-corrected chi connectivity index (χ4v) is 5.26. The minimum Gasteiger partial charge on any atom is -0.454 e. The highest BCUT2D eigenvalue weighted by Crippen LogP contribution is 2.52. The van der Waals surface area contributed by atoms with E-state index in [0.717, 1.165) is 36.0 Å². The Morgan fingerprint density at radius 2 is 1.53 bits per heavy atom. The van der Waals surface area contributed by atoms with E-state index in [-0.39, 0.29) is 13.6 Å². The molecule has 0 saturated heterocycles. The Balaban J connectivity index is 1.48. The first-order chi connectivity index (χ1) is 15.8. The molecule has 5 heteroatoms. The second kappa shape index (κ2) is 6.57. The number of fused-ring (bicyclic) bond motifs is 8. The number of anilines is 1. The summed E-state index contributed by atoms with van der Waals surface area (Å²) >= 11 is 0. The van der Waals surface area contributed by atoms with Crippen LogP contribution in [0.2, 0.25) is 0 Å². The van der Waals surface area contributed by atoms with Gasteiger partial charge in [0.1, 0.15) is 0 Å². The van der Waals surface area contributed by atoms with Crippen LogP contribution in [-0.2, 0) is 13.0 Å². The molecule has 3 aliphatic rings. The molecule has 0 unspecified atom stereocenters. The maximum atomic E-state index is 5.92. The smallest absolute Gasteiger partial charge is 0.231 e. The Labute approximate surface area is 185 Å². The Morgan fingerprint density at radius 3 is 2.41 bits per heavy atom. The molecular formula is C27H21NO4. The van der Waals surface area contributed by atoms with E-state index in [1.165, 1.54) is 44.3 Å². The van der Waals surface area contributed by atoms with Gasteiger partial charge in [0.2, 0.25) is 13.6 Å². The van der Waals surface area contributed by atoms with E-state index in [4.69, 9.17) is 18.9 Å². The average molecular weight is 423 g/mol. The highest BCUT2D eigenvalue weighted by molar-refractivity contribution is 6.07. The predicted molar refractivity (Wildman–Crippen MR) is 123 cm³/mol. The lowest BCUT2D eigenvalue weighted by atomic mass is 9.88. The molecule has 0 fully saturated rings. The zero-order valence-electron chi connectivity index (χ0n) is 17.7. The molecule has 0 atom stereocenters. The number of benzene rings is 4. The summed E-state index contributed by atoms with van der Waals surface area (Å²) in [7, 11) is 2.14. The topological polar surface area (TPSA) is 40.2 Å². The lowest BCUT2D eigenvalue weighted by Gasteiger charge is -2.32.